The summed E-state index contributed by atoms with van der Waals surface area (Å²) in [4.78, 5) is 26.1. The van der Waals surface area contributed by atoms with Crippen molar-refractivity contribution in [3.63, 3.8) is 0 Å². The SMILES string of the molecule is CC(=O)c1ccc(-c2ccc(C(=O)N(Cc3ccco3)Cc3ccco3)o2)cc1. The van der Waals surface area contributed by atoms with E-state index >= 15 is 0 Å². The number of nitrogens with zero attached hydrogens (tertiary/aromatic N) is 1. The van der Waals surface area contributed by atoms with Crippen molar-refractivity contribution < 1.29 is 22.8 Å². The van der Waals surface area contributed by atoms with Crippen molar-refractivity contribution in [2.75, 3.05) is 0 Å². The van der Waals surface area contributed by atoms with Crippen molar-refractivity contribution in [3.05, 3.63) is 96.0 Å². The number of carbonyl (C=O) groups excluding carboxylic acids is 2. The van der Waals surface area contributed by atoms with Crippen molar-refractivity contribution >= 4 is 11.7 Å². The largest absolute Gasteiger partial charge is 0.467 e. The van der Waals surface area contributed by atoms with Crippen molar-refractivity contribution in [3.8, 4) is 11.3 Å². The van der Waals surface area contributed by atoms with E-state index in [1.807, 2.05) is 12.1 Å². The molecule has 0 atom stereocenters. The van der Waals surface area contributed by atoms with E-state index in [1.54, 1.807) is 66.0 Å². The first-order chi connectivity index (χ1) is 14.1. The van der Waals surface area contributed by atoms with Gasteiger partial charge >= 0.3 is 0 Å². The molecule has 3 aromatic heterocycles. The molecule has 0 spiro atoms. The van der Waals surface area contributed by atoms with Crippen LogP contribution in [0.25, 0.3) is 11.3 Å². The Bertz CT molecular complexity index is 1050. The molecule has 0 unspecified atom stereocenters. The predicted octanol–water partition coefficient (Wildman–Crippen LogP) is 5.18. The Morgan fingerprint density at radius 1 is 0.828 bits per heavy atom. The number of Topliss-reactive ketones (excluding diaryl/α,β-unsaturated/α-hetero) is 1. The number of ketones is 1. The Morgan fingerprint density at radius 2 is 1.45 bits per heavy atom. The van der Waals surface area contributed by atoms with Crippen LogP contribution in [0, 0.1) is 0 Å². The Hall–Kier alpha value is -3.80. The molecule has 0 N–H and O–H groups in total. The van der Waals surface area contributed by atoms with E-state index in [2.05, 4.69) is 0 Å². The smallest absolute Gasteiger partial charge is 0.290 e. The number of carbonyl (C=O) groups is 2. The fourth-order valence-corrected chi connectivity index (χ4v) is 3.01. The third kappa shape index (κ3) is 4.21. The standard InChI is InChI=1S/C23H19NO5/c1-16(25)17-6-8-18(9-7-17)21-10-11-22(29-21)23(26)24(14-19-4-2-12-27-19)15-20-5-3-13-28-20/h2-13H,14-15H2,1H3. The quantitative estimate of drug-likeness (QED) is 0.407. The van der Waals surface area contributed by atoms with Gasteiger partial charge in [-0.25, -0.2) is 0 Å². The molecule has 1 aromatic carbocycles. The summed E-state index contributed by atoms with van der Waals surface area (Å²) in [5.41, 5.74) is 1.41. The van der Waals surface area contributed by atoms with E-state index in [1.165, 1.54) is 6.92 Å². The van der Waals surface area contributed by atoms with Crippen LogP contribution in [0.1, 0.15) is 39.4 Å². The molecular weight excluding hydrogens is 370 g/mol. The maximum absolute atomic E-state index is 13.1. The van der Waals surface area contributed by atoms with Gasteiger partial charge in [-0.1, -0.05) is 24.3 Å². The van der Waals surface area contributed by atoms with E-state index < -0.39 is 0 Å². The van der Waals surface area contributed by atoms with Crippen LogP contribution in [0.4, 0.5) is 0 Å². The summed E-state index contributed by atoms with van der Waals surface area (Å²) in [6.07, 6.45) is 3.14. The summed E-state index contributed by atoms with van der Waals surface area (Å²) >= 11 is 0. The summed E-state index contributed by atoms with van der Waals surface area (Å²) < 4.78 is 16.6. The zero-order valence-electron chi connectivity index (χ0n) is 15.8. The second-order valence-electron chi connectivity index (χ2n) is 6.62. The minimum atomic E-state index is -0.274. The zero-order chi connectivity index (χ0) is 20.2. The van der Waals surface area contributed by atoms with E-state index in [0.717, 1.165) is 5.56 Å². The first kappa shape index (κ1) is 18.6. The van der Waals surface area contributed by atoms with Crippen LogP contribution in [0.2, 0.25) is 0 Å². The molecule has 1 amide bonds. The Morgan fingerprint density at radius 3 is 1.97 bits per heavy atom. The van der Waals surface area contributed by atoms with E-state index in [-0.39, 0.29) is 30.5 Å². The molecule has 0 fully saturated rings. The predicted molar refractivity (Wildman–Crippen MR) is 105 cm³/mol. The molecule has 0 radical (unpaired) electrons. The van der Waals surface area contributed by atoms with Gasteiger partial charge in [-0.05, 0) is 43.3 Å². The van der Waals surface area contributed by atoms with Gasteiger partial charge in [0.2, 0.25) is 0 Å². The van der Waals surface area contributed by atoms with Crippen LogP contribution in [0.3, 0.4) is 0 Å². The highest BCUT2D eigenvalue weighted by molar-refractivity contribution is 5.94. The second-order valence-corrected chi connectivity index (χ2v) is 6.62. The molecular formula is C23H19NO5. The van der Waals surface area contributed by atoms with Gasteiger partial charge in [-0.2, -0.15) is 0 Å². The van der Waals surface area contributed by atoms with Gasteiger partial charge in [0, 0.05) is 11.1 Å². The number of hydrogen-bond acceptors (Lipinski definition) is 5. The first-order valence-electron chi connectivity index (χ1n) is 9.15. The minimum Gasteiger partial charge on any atom is -0.467 e. The van der Waals surface area contributed by atoms with Crippen molar-refractivity contribution in [1.29, 1.82) is 0 Å². The molecule has 6 nitrogen and oxygen atoms in total. The van der Waals surface area contributed by atoms with Gasteiger partial charge in [-0.15, -0.1) is 0 Å². The van der Waals surface area contributed by atoms with Crippen molar-refractivity contribution in [2.24, 2.45) is 0 Å². The third-order valence-corrected chi connectivity index (χ3v) is 4.53. The molecule has 0 saturated carbocycles. The van der Waals surface area contributed by atoms with E-state index in [9.17, 15) is 9.59 Å². The van der Waals surface area contributed by atoms with Gasteiger partial charge < -0.3 is 18.2 Å². The normalized spacial score (nSPS) is 10.8. The van der Waals surface area contributed by atoms with Crippen LogP contribution in [-0.4, -0.2) is 16.6 Å². The van der Waals surface area contributed by atoms with Crippen molar-refractivity contribution in [2.45, 2.75) is 20.0 Å². The molecule has 0 aliphatic carbocycles. The Balaban J connectivity index is 1.56. The number of furan rings is 3. The lowest BCUT2D eigenvalue weighted by Crippen LogP contribution is -2.29. The molecule has 4 rings (SSSR count). The summed E-state index contributed by atoms with van der Waals surface area (Å²) in [6.45, 7) is 2.09. The number of amides is 1. The average Bonchev–Trinajstić information content (AvgIpc) is 3.49. The lowest BCUT2D eigenvalue weighted by atomic mass is 10.1. The monoisotopic (exact) mass is 389 g/mol. The van der Waals surface area contributed by atoms with E-state index in [0.29, 0.717) is 22.8 Å². The molecule has 0 bridgehead atoms. The number of rotatable bonds is 7. The highest BCUT2D eigenvalue weighted by atomic mass is 16.4. The maximum Gasteiger partial charge on any atom is 0.290 e. The van der Waals surface area contributed by atoms with Gasteiger partial charge in [0.05, 0.1) is 25.6 Å². The van der Waals surface area contributed by atoms with Crippen LogP contribution >= 0.6 is 0 Å². The van der Waals surface area contributed by atoms with Crippen molar-refractivity contribution in [1.82, 2.24) is 4.90 Å². The average molecular weight is 389 g/mol. The Kier molecular flexibility index (Phi) is 5.16. The Labute approximate surface area is 167 Å². The second kappa shape index (κ2) is 8.06. The molecule has 0 aliphatic heterocycles. The fourth-order valence-electron chi connectivity index (χ4n) is 3.01. The summed E-state index contributed by atoms with van der Waals surface area (Å²) in [6, 6.07) is 17.6. The highest BCUT2D eigenvalue weighted by Gasteiger charge is 2.22. The molecule has 0 saturated heterocycles. The van der Waals surface area contributed by atoms with Crippen LogP contribution in [-0.2, 0) is 13.1 Å². The molecule has 4 aromatic rings. The van der Waals surface area contributed by atoms with Gasteiger partial charge in [-0.3, -0.25) is 9.59 Å². The lowest BCUT2D eigenvalue weighted by Gasteiger charge is -2.19. The molecule has 29 heavy (non-hydrogen) atoms. The summed E-state index contributed by atoms with van der Waals surface area (Å²) in [5.74, 6) is 1.82. The molecule has 0 aliphatic rings. The first-order valence-corrected chi connectivity index (χ1v) is 9.15. The number of benzene rings is 1. The zero-order valence-corrected chi connectivity index (χ0v) is 15.8. The van der Waals surface area contributed by atoms with E-state index in [4.69, 9.17) is 13.3 Å². The molecule has 6 heteroatoms. The minimum absolute atomic E-state index is 0.00152. The third-order valence-electron chi connectivity index (χ3n) is 4.53. The van der Waals surface area contributed by atoms with Crippen LogP contribution in [0.15, 0.2) is 86.4 Å². The fraction of sp³-hybridized carbons (Fsp3) is 0.130. The highest BCUT2D eigenvalue weighted by Crippen LogP contribution is 2.24. The van der Waals surface area contributed by atoms with Crippen LogP contribution in [0.5, 0.6) is 0 Å². The van der Waals surface area contributed by atoms with Gasteiger partial charge in [0.15, 0.2) is 11.5 Å². The van der Waals surface area contributed by atoms with Crippen LogP contribution < -0.4 is 0 Å². The maximum atomic E-state index is 13.1. The molecule has 146 valence electrons. The summed E-state index contributed by atoms with van der Waals surface area (Å²) in [7, 11) is 0. The number of hydrogen-bond donors (Lipinski definition) is 0. The summed E-state index contributed by atoms with van der Waals surface area (Å²) in [5, 5.41) is 0. The van der Waals surface area contributed by atoms with Gasteiger partial charge in [0.1, 0.15) is 17.3 Å². The topological polar surface area (TPSA) is 76.8 Å². The lowest BCUT2D eigenvalue weighted by molar-refractivity contribution is 0.0673. The van der Waals surface area contributed by atoms with Gasteiger partial charge in [0.25, 0.3) is 5.91 Å². The molecule has 3 heterocycles.